The molecule has 2 aliphatic rings. The van der Waals surface area contributed by atoms with Crippen molar-refractivity contribution in [3.8, 4) is 11.3 Å². The van der Waals surface area contributed by atoms with Gasteiger partial charge in [0.15, 0.2) is 0 Å². The summed E-state index contributed by atoms with van der Waals surface area (Å²) in [6, 6.07) is 6.25. The maximum atomic E-state index is 12.6. The Kier molecular flexibility index (Phi) is 5.31. The normalized spacial score (nSPS) is 15.2. The van der Waals surface area contributed by atoms with Gasteiger partial charge in [-0.15, -0.1) is 0 Å². The summed E-state index contributed by atoms with van der Waals surface area (Å²) in [5, 5.41) is 8.40. The number of hydrogen-bond acceptors (Lipinski definition) is 4. The quantitative estimate of drug-likeness (QED) is 0.692. The van der Waals surface area contributed by atoms with Crippen LogP contribution in [0.15, 0.2) is 30.5 Å². The highest BCUT2D eigenvalue weighted by Crippen LogP contribution is 2.30. The van der Waals surface area contributed by atoms with Crippen molar-refractivity contribution in [2.75, 3.05) is 0 Å². The second kappa shape index (κ2) is 7.92. The summed E-state index contributed by atoms with van der Waals surface area (Å²) in [6.45, 7) is 1.76. The number of pyridine rings is 1. The summed E-state index contributed by atoms with van der Waals surface area (Å²) in [5.41, 5.74) is 7.83. The Balaban J connectivity index is 0.000000168. The second-order valence-electron chi connectivity index (χ2n) is 7.34. The first-order valence-corrected chi connectivity index (χ1v) is 9.78. The zero-order valence-electron chi connectivity index (χ0n) is 16.2. The fourth-order valence-electron chi connectivity index (χ4n) is 3.68. The SMILES string of the molecule is FC(F)(F)c1cc(-c2cc3n(n2)CCCC3)ccn1.NC(=O)c1cc2n(n1)CCC2. The van der Waals surface area contributed by atoms with Gasteiger partial charge in [0.1, 0.15) is 11.4 Å². The van der Waals surface area contributed by atoms with Crippen LogP contribution >= 0.6 is 0 Å². The molecule has 0 radical (unpaired) electrons. The van der Waals surface area contributed by atoms with E-state index < -0.39 is 17.8 Å². The molecule has 7 nitrogen and oxygen atoms in total. The van der Waals surface area contributed by atoms with Crippen LogP contribution in [0.5, 0.6) is 0 Å². The van der Waals surface area contributed by atoms with Gasteiger partial charge in [0, 0.05) is 36.2 Å². The zero-order chi connectivity index (χ0) is 21.3. The van der Waals surface area contributed by atoms with Crippen molar-refractivity contribution in [1.29, 1.82) is 0 Å². The number of carbonyl (C=O) groups is 1. The summed E-state index contributed by atoms with van der Waals surface area (Å²) >= 11 is 0. The standard InChI is InChI=1S/C13H12F3N3.C7H9N3O/c14-13(15,16)12-7-9(4-5-17-12)11-8-10-3-1-2-6-19(10)18-11;8-7(11)6-4-5-2-1-3-10(5)9-6/h4-5,7-8H,1-3,6H2;4H,1-3H2,(H2,8,11). The molecule has 3 aromatic rings. The smallest absolute Gasteiger partial charge is 0.364 e. The van der Waals surface area contributed by atoms with E-state index in [1.54, 1.807) is 12.1 Å². The van der Waals surface area contributed by atoms with Gasteiger partial charge < -0.3 is 5.73 Å². The summed E-state index contributed by atoms with van der Waals surface area (Å²) in [5.74, 6) is -0.438. The number of nitrogens with zero attached hydrogens (tertiary/aromatic N) is 5. The van der Waals surface area contributed by atoms with Gasteiger partial charge >= 0.3 is 6.18 Å². The lowest BCUT2D eigenvalue weighted by Gasteiger charge is -2.11. The largest absolute Gasteiger partial charge is 0.433 e. The average Bonchev–Trinajstić information content (AvgIpc) is 3.42. The highest BCUT2D eigenvalue weighted by molar-refractivity contribution is 5.90. The molecule has 5 heterocycles. The number of carbonyl (C=O) groups excluding carboxylic acids is 1. The van der Waals surface area contributed by atoms with Crippen molar-refractivity contribution < 1.29 is 18.0 Å². The molecule has 0 unspecified atom stereocenters. The van der Waals surface area contributed by atoms with Crippen LogP contribution in [0.1, 0.15) is 46.8 Å². The number of primary amides is 1. The van der Waals surface area contributed by atoms with E-state index in [2.05, 4.69) is 15.2 Å². The summed E-state index contributed by atoms with van der Waals surface area (Å²) in [7, 11) is 0. The average molecular weight is 418 g/mol. The van der Waals surface area contributed by atoms with E-state index in [0.29, 0.717) is 17.0 Å². The lowest BCUT2D eigenvalue weighted by atomic mass is 10.1. The number of rotatable bonds is 2. The molecular weight excluding hydrogens is 397 g/mol. The van der Waals surface area contributed by atoms with Gasteiger partial charge in [-0.25, -0.2) is 0 Å². The molecule has 158 valence electrons. The van der Waals surface area contributed by atoms with E-state index >= 15 is 0 Å². The number of amides is 1. The minimum Gasteiger partial charge on any atom is -0.364 e. The Morgan fingerprint density at radius 2 is 1.67 bits per heavy atom. The van der Waals surface area contributed by atoms with Gasteiger partial charge in [0.25, 0.3) is 5.91 Å². The Labute approximate surface area is 170 Å². The molecule has 0 aromatic carbocycles. The first kappa shape index (κ1) is 20.1. The Bertz CT molecular complexity index is 1020. The molecular formula is C20H21F3N6O. The molecule has 0 saturated carbocycles. The van der Waals surface area contributed by atoms with Gasteiger partial charge in [0.05, 0.1) is 5.69 Å². The fraction of sp³-hybridized carbons (Fsp3) is 0.400. The van der Waals surface area contributed by atoms with Crippen molar-refractivity contribution in [2.45, 2.75) is 51.4 Å². The Morgan fingerprint density at radius 3 is 2.37 bits per heavy atom. The molecule has 0 atom stereocenters. The number of fused-ring (bicyclic) bond motifs is 2. The monoisotopic (exact) mass is 418 g/mol. The number of nitrogens with two attached hydrogens (primary N) is 1. The molecule has 0 aliphatic carbocycles. The minimum atomic E-state index is -4.42. The molecule has 5 rings (SSSR count). The van der Waals surface area contributed by atoms with Crippen LogP contribution < -0.4 is 5.73 Å². The second-order valence-corrected chi connectivity index (χ2v) is 7.34. The topological polar surface area (TPSA) is 91.6 Å². The van der Waals surface area contributed by atoms with Crippen molar-refractivity contribution in [2.24, 2.45) is 5.73 Å². The molecule has 1 amide bonds. The van der Waals surface area contributed by atoms with Crippen LogP contribution in [-0.4, -0.2) is 30.5 Å². The maximum absolute atomic E-state index is 12.6. The predicted octanol–water partition coefficient (Wildman–Crippen LogP) is 3.23. The molecule has 0 spiro atoms. The van der Waals surface area contributed by atoms with Crippen molar-refractivity contribution in [3.05, 3.63) is 53.2 Å². The van der Waals surface area contributed by atoms with Crippen LogP contribution in [0.2, 0.25) is 0 Å². The molecule has 10 heteroatoms. The summed E-state index contributed by atoms with van der Waals surface area (Å²) in [4.78, 5) is 14.0. The van der Waals surface area contributed by atoms with E-state index in [-0.39, 0.29) is 0 Å². The van der Waals surface area contributed by atoms with Gasteiger partial charge in [0.2, 0.25) is 0 Å². The van der Waals surface area contributed by atoms with Crippen LogP contribution in [0.3, 0.4) is 0 Å². The van der Waals surface area contributed by atoms with Gasteiger partial charge in [-0.1, -0.05) is 0 Å². The lowest BCUT2D eigenvalue weighted by molar-refractivity contribution is -0.141. The minimum absolute atomic E-state index is 0.389. The van der Waals surface area contributed by atoms with Crippen LogP contribution in [0, 0.1) is 0 Å². The van der Waals surface area contributed by atoms with Crippen molar-refractivity contribution >= 4 is 5.91 Å². The third-order valence-electron chi connectivity index (χ3n) is 5.18. The molecule has 2 aliphatic heterocycles. The highest BCUT2D eigenvalue weighted by atomic mass is 19.4. The molecule has 30 heavy (non-hydrogen) atoms. The highest BCUT2D eigenvalue weighted by Gasteiger charge is 2.32. The van der Waals surface area contributed by atoms with E-state index in [1.807, 2.05) is 15.4 Å². The van der Waals surface area contributed by atoms with Gasteiger partial charge in [-0.3, -0.25) is 19.1 Å². The Morgan fingerprint density at radius 1 is 0.967 bits per heavy atom. The zero-order valence-corrected chi connectivity index (χ0v) is 16.2. The van der Waals surface area contributed by atoms with E-state index in [1.165, 1.54) is 6.20 Å². The number of alkyl halides is 3. The number of halogens is 3. The molecule has 0 fully saturated rings. The lowest BCUT2D eigenvalue weighted by Crippen LogP contribution is -2.12. The molecule has 0 bridgehead atoms. The third-order valence-corrected chi connectivity index (χ3v) is 5.18. The maximum Gasteiger partial charge on any atom is 0.433 e. The summed E-state index contributed by atoms with van der Waals surface area (Å²) < 4.78 is 41.6. The van der Waals surface area contributed by atoms with E-state index in [0.717, 1.165) is 62.6 Å². The molecule has 0 saturated heterocycles. The van der Waals surface area contributed by atoms with Crippen LogP contribution in [0.4, 0.5) is 13.2 Å². The van der Waals surface area contributed by atoms with Crippen LogP contribution in [-0.2, 0) is 32.1 Å². The van der Waals surface area contributed by atoms with Gasteiger partial charge in [-0.05, 0) is 56.4 Å². The molecule has 2 N–H and O–H groups in total. The Hall–Kier alpha value is -3.17. The third kappa shape index (κ3) is 4.22. The van der Waals surface area contributed by atoms with Gasteiger partial charge in [-0.2, -0.15) is 23.4 Å². The summed E-state index contributed by atoms with van der Waals surface area (Å²) in [6.07, 6.45) is 2.01. The fourth-order valence-corrected chi connectivity index (χ4v) is 3.68. The van der Waals surface area contributed by atoms with E-state index in [4.69, 9.17) is 5.73 Å². The van der Waals surface area contributed by atoms with E-state index in [9.17, 15) is 18.0 Å². The number of hydrogen-bond donors (Lipinski definition) is 1. The number of aryl methyl sites for hydroxylation is 4. The molecule has 3 aromatic heterocycles. The first-order chi connectivity index (χ1) is 14.3. The predicted molar refractivity (Wildman–Crippen MR) is 102 cm³/mol. The van der Waals surface area contributed by atoms with Crippen LogP contribution in [0.25, 0.3) is 11.3 Å². The van der Waals surface area contributed by atoms with Crippen molar-refractivity contribution in [3.63, 3.8) is 0 Å². The van der Waals surface area contributed by atoms with Crippen molar-refractivity contribution in [1.82, 2.24) is 24.5 Å². The number of aromatic nitrogens is 5. The first-order valence-electron chi connectivity index (χ1n) is 9.78.